The number of likely N-dealkylation sites (tertiary alicyclic amines) is 2. The third-order valence-electron chi connectivity index (χ3n) is 6.33. The van der Waals surface area contributed by atoms with Gasteiger partial charge in [0, 0.05) is 38.9 Å². The van der Waals surface area contributed by atoms with Gasteiger partial charge in [-0.05, 0) is 58.2 Å². The monoisotopic (exact) mass is 457 g/mol. The molecule has 1 aromatic carbocycles. The highest BCUT2D eigenvalue weighted by Gasteiger charge is 2.26. The molecule has 0 spiro atoms. The highest BCUT2D eigenvalue weighted by molar-refractivity contribution is 7.98. The van der Waals surface area contributed by atoms with Crippen LogP contribution in [0.4, 0.5) is 11.6 Å². The molecular weight excluding hydrogens is 422 g/mol. The fraction of sp³-hybridized carbons (Fsp3) is 0.583. The molecule has 32 heavy (non-hydrogen) atoms. The Hall–Kier alpha value is -2.03. The molecule has 0 bridgehead atoms. The predicted octanol–water partition coefficient (Wildman–Crippen LogP) is 3.91. The zero-order chi connectivity index (χ0) is 22.5. The summed E-state index contributed by atoms with van der Waals surface area (Å²) in [4.78, 5) is 17.3. The molecule has 2 aromatic rings. The van der Waals surface area contributed by atoms with E-state index in [0.717, 1.165) is 62.4 Å². The van der Waals surface area contributed by atoms with Crippen molar-refractivity contribution in [2.45, 2.75) is 42.8 Å². The first-order valence-corrected chi connectivity index (χ1v) is 12.7. The SMILES string of the molecule is CSc1c(OC2CCN(C)CC2)nc(N(C)c2ccccc2)nc1OC1CCN(C)CC1. The van der Waals surface area contributed by atoms with E-state index in [9.17, 15) is 0 Å². The zero-order valence-corrected chi connectivity index (χ0v) is 20.5. The Morgan fingerprint density at radius 1 is 0.844 bits per heavy atom. The number of ether oxygens (including phenoxy) is 2. The number of para-hydroxylation sites is 1. The summed E-state index contributed by atoms with van der Waals surface area (Å²) in [5.74, 6) is 1.88. The lowest BCUT2D eigenvalue weighted by atomic mass is 10.1. The lowest BCUT2D eigenvalue weighted by molar-refractivity contribution is 0.0962. The largest absolute Gasteiger partial charge is 0.473 e. The van der Waals surface area contributed by atoms with Crippen LogP contribution < -0.4 is 14.4 Å². The molecule has 1 aromatic heterocycles. The molecule has 0 atom stereocenters. The van der Waals surface area contributed by atoms with Crippen molar-refractivity contribution in [2.24, 2.45) is 0 Å². The number of thioether (sulfide) groups is 1. The van der Waals surface area contributed by atoms with Gasteiger partial charge < -0.3 is 24.2 Å². The number of hydrogen-bond donors (Lipinski definition) is 0. The van der Waals surface area contributed by atoms with Crippen molar-refractivity contribution in [3.05, 3.63) is 30.3 Å². The van der Waals surface area contributed by atoms with Crippen molar-refractivity contribution in [3.63, 3.8) is 0 Å². The Balaban J connectivity index is 1.64. The summed E-state index contributed by atoms with van der Waals surface area (Å²) in [6.07, 6.45) is 6.39. The second-order valence-electron chi connectivity index (χ2n) is 8.80. The van der Waals surface area contributed by atoms with Gasteiger partial charge in [-0.25, -0.2) is 0 Å². The molecule has 2 aliphatic rings. The van der Waals surface area contributed by atoms with Crippen LogP contribution in [0.25, 0.3) is 0 Å². The topological polar surface area (TPSA) is 54.0 Å². The molecule has 0 radical (unpaired) electrons. The summed E-state index contributed by atoms with van der Waals surface area (Å²) < 4.78 is 13.0. The van der Waals surface area contributed by atoms with Gasteiger partial charge in [0.15, 0.2) is 0 Å². The first-order chi connectivity index (χ1) is 15.5. The van der Waals surface area contributed by atoms with E-state index in [0.29, 0.717) is 17.7 Å². The first-order valence-electron chi connectivity index (χ1n) is 11.5. The summed E-state index contributed by atoms with van der Waals surface area (Å²) >= 11 is 1.60. The lowest BCUT2D eigenvalue weighted by Gasteiger charge is -2.31. The summed E-state index contributed by atoms with van der Waals surface area (Å²) in [5, 5.41) is 0. The van der Waals surface area contributed by atoms with E-state index in [1.54, 1.807) is 11.8 Å². The Morgan fingerprint density at radius 3 is 1.75 bits per heavy atom. The summed E-state index contributed by atoms with van der Waals surface area (Å²) in [6.45, 7) is 4.17. The van der Waals surface area contributed by atoms with E-state index in [1.165, 1.54) is 0 Å². The smallest absolute Gasteiger partial charge is 0.236 e. The maximum Gasteiger partial charge on any atom is 0.236 e. The summed E-state index contributed by atoms with van der Waals surface area (Å²) in [6, 6.07) is 10.2. The van der Waals surface area contributed by atoms with E-state index < -0.39 is 0 Å². The highest BCUT2D eigenvalue weighted by Crippen LogP contribution is 2.38. The molecular formula is C24H35N5O2S. The normalized spacial score (nSPS) is 19.1. The van der Waals surface area contributed by atoms with Crippen molar-refractivity contribution in [1.29, 1.82) is 0 Å². The Morgan fingerprint density at radius 2 is 1.31 bits per heavy atom. The van der Waals surface area contributed by atoms with Gasteiger partial charge in [-0.2, -0.15) is 9.97 Å². The Labute approximate surface area is 196 Å². The van der Waals surface area contributed by atoms with Gasteiger partial charge in [0.05, 0.1) is 0 Å². The van der Waals surface area contributed by atoms with E-state index in [2.05, 4.69) is 36.0 Å². The Bertz CT molecular complexity index is 823. The van der Waals surface area contributed by atoms with Crippen molar-refractivity contribution >= 4 is 23.4 Å². The molecule has 2 saturated heterocycles. The second kappa shape index (κ2) is 10.7. The quantitative estimate of drug-likeness (QED) is 0.580. The van der Waals surface area contributed by atoms with Crippen LogP contribution in [-0.4, -0.2) is 85.6 Å². The number of rotatable bonds is 7. The van der Waals surface area contributed by atoms with Crippen molar-refractivity contribution in [2.75, 3.05) is 58.5 Å². The molecule has 4 rings (SSSR count). The molecule has 8 heteroatoms. The fourth-order valence-electron chi connectivity index (χ4n) is 4.17. The molecule has 0 amide bonds. The summed E-state index contributed by atoms with van der Waals surface area (Å²) in [5.41, 5.74) is 1.03. The second-order valence-corrected chi connectivity index (χ2v) is 9.62. The maximum atomic E-state index is 6.49. The molecule has 0 N–H and O–H groups in total. The van der Waals surface area contributed by atoms with Gasteiger partial charge in [0.25, 0.3) is 0 Å². The van der Waals surface area contributed by atoms with Gasteiger partial charge in [-0.1, -0.05) is 18.2 Å². The molecule has 2 fully saturated rings. The first kappa shape index (κ1) is 23.1. The van der Waals surface area contributed by atoms with E-state index >= 15 is 0 Å². The number of aromatic nitrogens is 2. The molecule has 174 valence electrons. The van der Waals surface area contributed by atoms with Gasteiger partial charge in [-0.15, -0.1) is 11.8 Å². The minimum Gasteiger partial charge on any atom is -0.473 e. The number of piperidine rings is 2. The van der Waals surface area contributed by atoms with Crippen molar-refractivity contribution in [1.82, 2.24) is 19.8 Å². The van der Waals surface area contributed by atoms with Crippen LogP contribution in [0.15, 0.2) is 35.2 Å². The minimum absolute atomic E-state index is 0.165. The molecule has 0 unspecified atom stereocenters. The van der Waals surface area contributed by atoms with E-state index in [-0.39, 0.29) is 12.2 Å². The van der Waals surface area contributed by atoms with Crippen LogP contribution >= 0.6 is 11.8 Å². The van der Waals surface area contributed by atoms with Crippen LogP contribution in [-0.2, 0) is 0 Å². The lowest BCUT2D eigenvalue weighted by Crippen LogP contribution is -2.36. The van der Waals surface area contributed by atoms with Crippen molar-refractivity contribution < 1.29 is 9.47 Å². The van der Waals surface area contributed by atoms with E-state index in [4.69, 9.17) is 19.4 Å². The molecule has 2 aliphatic heterocycles. The average molecular weight is 458 g/mol. The van der Waals surface area contributed by atoms with Gasteiger partial charge in [-0.3, -0.25) is 0 Å². The van der Waals surface area contributed by atoms with E-state index in [1.807, 2.05) is 36.4 Å². The highest BCUT2D eigenvalue weighted by atomic mass is 32.2. The van der Waals surface area contributed by atoms with Crippen molar-refractivity contribution in [3.8, 4) is 11.8 Å². The Kier molecular flexibility index (Phi) is 7.75. The third kappa shape index (κ3) is 5.66. The van der Waals surface area contributed by atoms with Crippen LogP contribution in [0.5, 0.6) is 11.8 Å². The number of nitrogens with zero attached hydrogens (tertiary/aromatic N) is 5. The molecule has 3 heterocycles. The number of hydrogen-bond acceptors (Lipinski definition) is 8. The minimum atomic E-state index is 0.165. The van der Waals surface area contributed by atoms with Crippen LogP contribution in [0.2, 0.25) is 0 Å². The van der Waals surface area contributed by atoms with Gasteiger partial charge in [0.1, 0.15) is 17.1 Å². The van der Waals surface area contributed by atoms with Crippen LogP contribution in [0, 0.1) is 0 Å². The van der Waals surface area contributed by atoms with Gasteiger partial charge >= 0.3 is 0 Å². The average Bonchev–Trinajstić information content (AvgIpc) is 2.82. The number of anilines is 2. The summed E-state index contributed by atoms with van der Waals surface area (Å²) in [7, 11) is 6.31. The maximum absolute atomic E-state index is 6.49. The fourth-order valence-corrected chi connectivity index (χ4v) is 4.71. The van der Waals surface area contributed by atoms with Crippen LogP contribution in [0.3, 0.4) is 0 Å². The molecule has 7 nitrogen and oxygen atoms in total. The van der Waals surface area contributed by atoms with Gasteiger partial charge in [0.2, 0.25) is 17.7 Å². The predicted molar refractivity (Wildman–Crippen MR) is 131 cm³/mol. The molecule has 0 aliphatic carbocycles. The zero-order valence-electron chi connectivity index (χ0n) is 19.7. The molecule has 0 saturated carbocycles. The van der Waals surface area contributed by atoms with Crippen LogP contribution in [0.1, 0.15) is 25.7 Å². The number of benzene rings is 1. The standard InChI is InChI=1S/C24H35N5O2S/c1-27-14-10-19(11-15-27)30-22-21(32-4)23(31-20-12-16-28(2)17-13-20)26-24(25-22)29(3)18-8-6-5-7-9-18/h5-9,19-20H,10-17H2,1-4H3. The third-order valence-corrected chi connectivity index (χ3v) is 7.08.